The molecule has 2 heterocycles. The van der Waals surface area contributed by atoms with E-state index in [1.807, 2.05) is 24.8 Å². The van der Waals surface area contributed by atoms with Gasteiger partial charge in [-0.25, -0.2) is 0 Å². The Hall–Kier alpha value is -2.08. The van der Waals surface area contributed by atoms with Crippen molar-refractivity contribution in [2.24, 2.45) is 11.8 Å². The van der Waals surface area contributed by atoms with Gasteiger partial charge in [0.25, 0.3) is 0 Å². The summed E-state index contributed by atoms with van der Waals surface area (Å²) in [5, 5.41) is 0.566. The molecule has 0 radical (unpaired) electrons. The molecule has 2 saturated heterocycles. The fourth-order valence-electron chi connectivity index (χ4n) is 3.54. The van der Waals surface area contributed by atoms with Crippen LogP contribution in [-0.4, -0.2) is 60.2 Å². The van der Waals surface area contributed by atoms with Crippen LogP contribution < -0.4 is 4.90 Å². The first-order valence-corrected chi connectivity index (χ1v) is 9.38. The Morgan fingerprint density at radius 1 is 1.12 bits per heavy atom. The first-order chi connectivity index (χ1) is 12.4. The highest BCUT2D eigenvalue weighted by atomic mass is 35.5. The van der Waals surface area contributed by atoms with Crippen LogP contribution in [0.2, 0.25) is 5.02 Å². The van der Waals surface area contributed by atoms with E-state index < -0.39 is 0 Å². The minimum absolute atomic E-state index is 0.000441. The molecule has 0 N–H and O–H groups in total. The van der Waals surface area contributed by atoms with Crippen LogP contribution in [0.15, 0.2) is 24.3 Å². The van der Waals surface area contributed by atoms with Crippen LogP contribution >= 0.6 is 11.6 Å². The van der Waals surface area contributed by atoms with Gasteiger partial charge in [-0.3, -0.25) is 14.4 Å². The van der Waals surface area contributed by atoms with E-state index in [1.54, 1.807) is 28.0 Å². The van der Waals surface area contributed by atoms with Crippen molar-refractivity contribution in [2.45, 2.75) is 20.3 Å². The topological polar surface area (TPSA) is 60.9 Å². The Morgan fingerprint density at radius 3 is 2.38 bits per heavy atom. The van der Waals surface area contributed by atoms with Crippen LogP contribution in [-0.2, 0) is 14.4 Å². The van der Waals surface area contributed by atoms with Gasteiger partial charge in [0.15, 0.2) is 0 Å². The molecule has 2 aliphatic heterocycles. The second-order valence-corrected chi connectivity index (χ2v) is 7.63. The molecule has 0 spiro atoms. The summed E-state index contributed by atoms with van der Waals surface area (Å²) >= 11 is 6.01. The number of hydrogen-bond donors (Lipinski definition) is 0. The molecule has 1 aromatic carbocycles. The van der Waals surface area contributed by atoms with Gasteiger partial charge in [-0.05, 0) is 18.2 Å². The molecule has 0 aliphatic carbocycles. The van der Waals surface area contributed by atoms with Crippen molar-refractivity contribution in [3.05, 3.63) is 29.3 Å². The Morgan fingerprint density at radius 2 is 1.77 bits per heavy atom. The van der Waals surface area contributed by atoms with Crippen LogP contribution in [0, 0.1) is 11.8 Å². The van der Waals surface area contributed by atoms with Crippen molar-refractivity contribution in [3.8, 4) is 0 Å². The SMILES string of the molecule is CC(C)C(=O)N1CCN(C(=O)C2CC(=O)N(c3cccc(Cl)c3)C2)CC1. The number of hydrogen-bond acceptors (Lipinski definition) is 3. The number of piperazine rings is 1. The van der Waals surface area contributed by atoms with Gasteiger partial charge in [0.2, 0.25) is 17.7 Å². The summed E-state index contributed by atoms with van der Waals surface area (Å²) in [6, 6.07) is 7.12. The lowest BCUT2D eigenvalue weighted by Crippen LogP contribution is -2.53. The number of nitrogens with zero attached hydrogens (tertiary/aromatic N) is 3. The van der Waals surface area contributed by atoms with Crippen LogP contribution in [0.5, 0.6) is 0 Å². The highest BCUT2D eigenvalue weighted by Gasteiger charge is 2.38. The second kappa shape index (κ2) is 7.66. The number of carbonyl (C=O) groups is 3. The van der Waals surface area contributed by atoms with E-state index in [4.69, 9.17) is 11.6 Å². The van der Waals surface area contributed by atoms with Crippen molar-refractivity contribution in [1.82, 2.24) is 9.80 Å². The van der Waals surface area contributed by atoms with Gasteiger partial charge in [0.1, 0.15) is 0 Å². The predicted molar refractivity (Wildman–Crippen MR) is 99.9 cm³/mol. The average molecular weight is 378 g/mol. The molecule has 140 valence electrons. The summed E-state index contributed by atoms with van der Waals surface area (Å²) in [5.41, 5.74) is 0.727. The molecular formula is C19H24ClN3O3. The van der Waals surface area contributed by atoms with Gasteiger partial charge < -0.3 is 14.7 Å². The molecule has 1 unspecified atom stereocenters. The fourth-order valence-corrected chi connectivity index (χ4v) is 3.72. The molecule has 0 saturated carbocycles. The highest BCUT2D eigenvalue weighted by molar-refractivity contribution is 6.31. The number of halogens is 1. The van der Waals surface area contributed by atoms with Crippen LogP contribution in [0.25, 0.3) is 0 Å². The summed E-state index contributed by atoms with van der Waals surface area (Å²) in [7, 11) is 0. The lowest BCUT2D eigenvalue weighted by Gasteiger charge is -2.36. The average Bonchev–Trinajstić information content (AvgIpc) is 3.02. The monoisotopic (exact) mass is 377 g/mol. The molecule has 2 aliphatic rings. The Kier molecular flexibility index (Phi) is 5.51. The zero-order chi connectivity index (χ0) is 18.8. The minimum atomic E-state index is -0.339. The van der Waals surface area contributed by atoms with Crippen molar-refractivity contribution in [3.63, 3.8) is 0 Å². The first-order valence-electron chi connectivity index (χ1n) is 9.00. The number of carbonyl (C=O) groups excluding carboxylic acids is 3. The molecule has 3 amide bonds. The minimum Gasteiger partial charge on any atom is -0.339 e. The van der Waals surface area contributed by atoms with E-state index in [2.05, 4.69) is 0 Å². The van der Waals surface area contributed by atoms with Gasteiger partial charge in [0, 0.05) is 55.8 Å². The van der Waals surface area contributed by atoms with Crippen LogP contribution in [0.4, 0.5) is 5.69 Å². The zero-order valence-corrected chi connectivity index (χ0v) is 15.9. The highest BCUT2D eigenvalue weighted by Crippen LogP contribution is 2.28. The normalized spacial score (nSPS) is 20.8. The molecule has 2 fully saturated rings. The Bertz CT molecular complexity index is 714. The molecule has 0 aromatic heterocycles. The van der Waals surface area contributed by atoms with E-state index in [-0.39, 0.29) is 36.0 Å². The third kappa shape index (κ3) is 3.85. The van der Waals surface area contributed by atoms with E-state index >= 15 is 0 Å². The smallest absolute Gasteiger partial charge is 0.228 e. The summed E-state index contributed by atoms with van der Waals surface area (Å²) in [5.74, 6) is -0.302. The second-order valence-electron chi connectivity index (χ2n) is 7.19. The maximum Gasteiger partial charge on any atom is 0.228 e. The zero-order valence-electron chi connectivity index (χ0n) is 15.2. The third-order valence-electron chi connectivity index (χ3n) is 4.99. The lowest BCUT2D eigenvalue weighted by molar-refractivity contribution is -0.143. The molecule has 6 nitrogen and oxygen atoms in total. The maximum atomic E-state index is 12.8. The fraction of sp³-hybridized carbons (Fsp3) is 0.526. The largest absolute Gasteiger partial charge is 0.339 e. The number of anilines is 1. The van der Waals surface area contributed by atoms with Crippen LogP contribution in [0.3, 0.4) is 0 Å². The molecule has 1 atom stereocenters. The van der Waals surface area contributed by atoms with Gasteiger partial charge in [-0.15, -0.1) is 0 Å². The molecule has 0 bridgehead atoms. The van der Waals surface area contributed by atoms with Gasteiger partial charge in [-0.1, -0.05) is 31.5 Å². The predicted octanol–water partition coefficient (Wildman–Crippen LogP) is 2.02. The number of amides is 3. The number of benzene rings is 1. The molecular weight excluding hydrogens is 354 g/mol. The first kappa shape index (κ1) is 18.7. The van der Waals surface area contributed by atoms with Crippen molar-refractivity contribution in [1.29, 1.82) is 0 Å². The van der Waals surface area contributed by atoms with Crippen molar-refractivity contribution >= 4 is 35.0 Å². The van der Waals surface area contributed by atoms with E-state index in [0.717, 1.165) is 5.69 Å². The van der Waals surface area contributed by atoms with Crippen LogP contribution in [0.1, 0.15) is 20.3 Å². The van der Waals surface area contributed by atoms with Gasteiger partial charge in [-0.2, -0.15) is 0 Å². The lowest BCUT2D eigenvalue weighted by atomic mass is 10.1. The van der Waals surface area contributed by atoms with E-state index in [1.165, 1.54) is 0 Å². The molecule has 1 aromatic rings. The number of rotatable bonds is 3. The summed E-state index contributed by atoms with van der Waals surface area (Å²) in [4.78, 5) is 42.5. The molecule has 3 rings (SSSR count). The molecule has 7 heteroatoms. The van der Waals surface area contributed by atoms with E-state index in [9.17, 15) is 14.4 Å². The quantitative estimate of drug-likeness (QED) is 0.809. The standard InChI is InChI=1S/C19H24ClN3O3/c1-13(2)18(25)21-6-8-22(9-7-21)19(26)14-10-17(24)23(12-14)16-5-3-4-15(20)11-16/h3-5,11,13-14H,6-10,12H2,1-2H3. The van der Waals surface area contributed by atoms with Crippen molar-refractivity contribution in [2.75, 3.05) is 37.6 Å². The van der Waals surface area contributed by atoms with Gasteiger partial charge in [0.05, 0.1) is 5.92 Å². The summed E-state index contributed by atoms with van der Waals surface area (Å²) in [6.45, 7) is 6.31. The molecule has 26 heavy (non-hydrogen) atoms. The maximum absolute atomic E-state index is 12.8. The summed E-state index contributed by atoms with van der Waals surface area (Å²) in [6.07, 6.45) is 0.219. The van der Waals surface area contributed by atoms with Gasteiger partial charge >= 0.3 is 0 Å². The Labute approximate surface area is 158 Å². The van der Waals surface area contributed by atoms with E-state index in [0.29, 0.717) is 37.7 Å². The Balaban J connectivity index is 1.60. The summed E-state index contributed by atoms with van der Waals surface area (Å²) < 4.78 is 0. The third-order valence-corrected chi connectivity index (χ3v) is 5.23. The van der Waals surface area contributed by atoms with Crippen molar-refractivity contribution < 1.29 is 14.4 Å².